The number of sulfone groups is 1. The van der Waals surface area contributed by atoms with Crippen molar-refractivity contribution in [2.75, 3.05) is 6.26 Å². The van der Waals surface area contributed by atoms with E-state index in [2.05, 4.69) is 14.6 Å². The van der Waals surface area contributed by atoms with Gasteiger partial charge in [0, 0.05) is 28.9 Å². The highest BCUT2D eigenvalue weighted by molar-refractivity contribution is 7.90. The van der Waals surface area contributed by atoms with Crippen molar-refractivity contribution < 1.29 is 13.5 Å². The summed E-state index contributed by atoms with van der Waals surface area (Å²) in [6.07, 6.45) is 6.46. The van der Waals surface area contributed by atoms with Gasteiger partial charge in [-0.1, -0.05) is 11.6 Å². The summed E-state index contributed by atoms with van der Waals surface area (Å²) in [7, 11) is -3.51. The Morgan fingerprint density at radius 2 is 2.10 bits per heavy atom. The summed E-state index contributed by atoms with van der Waals surface area (Å²) in [5, 5.41) is 16.1. The number of benzene rings is 1. The largest absolute Gasteiger partial charge is 0.390 e. The molecule has 3 aromatic heterocycles. The molecule has 0 amide bonds. The third-order valence-corrected chi connectivity index (χ3v) is 7.18. The Bertz CT molecular complexity index is 1420. The Morgan fingerprint density at radius 3 is 2.81 bits per heavy atom. The number of rotatable bonds is 4. The van der Waals surface area contributed by atoms with E-state index in [1.807, 2.05) is 25.1 Å². The van der Waals surface area contributed by atoms with Crippen molar-refractivity contribution in [3.63, 3.8) is 0 Å². The second-order valence-electron chi connectivity index (χ2n) is 8.55. The lowest BCUT2D eigenvalue weighted by Crippen LogP contribution is -2.20. The zero-order valence-corrected chi connectivity index (χ0v) is 18.7. The van der Waals surface area contributed by atoms with Crippen LogP contribution in [0.5, 0.6) is 0 Å². The van der Waals surface area contributed by atoms with E-state index in [-0.39, 0.29) is 17.6 Å². The van der Waals surface area contributed by atoms with Gasteiger partial charge in [0.15, 0.2) is 14.9 Å². The van der Waals surface area contributed by atoms with E-state index in [0.717, 1.165) is 29.5 Å². The molecule has 0 spiro atoms. The van der Waals surface area contributed by atoms with Crippen molar-refractivity contribution in [3.05, 3.63) is 47.5 Å². The lowest BCUT2D eigenvalue weighted by molar-refractivity contribution is 0.0641. The first-order chi connectivity index (χ1) is 14.6. The summed E-state index contributed by atoms with van der Waals surface area (Å²) >= 11 is 6.20. The summed E-state index contributed by atoms with van der Waals surface area (Å²) < 4.78 is 28.3. The summed E-state index contributed by atoms with van der Waals surface area (Å²) in [6, 6.07) is 7.31. The molecule has 5 rings (SSSR count). The lowest BCUT2D eigenvalue weighted by Gasteiger charge is -2.19. The number of halogens is 1. The zero-order valence-electron chi connectivity index (χ0n) is 17.2. The molecule has 1 aliphatic carbocycles. The Morgan fingerprint density at radius 1 is 1.29 bits per heavy atom. The fraction of sp³-hybridized carbons (Fsp3) is 0.381. The highest BCUT2D eigenvalue weighted by atomic mass is 35.5. The average Bonchev–Trinajstić information content (AvgIpc) is 3.34. The smallest absolute Gasteiger partial charge is 0.195 e. The van der Waals surface area contributed by atoms with Crippen LogP contribution in [0.1, 0.15) is 38.1 Å². The zero-order chi connectivity index (χ0) is 22.0. The van der Waals surface area contributed by atoms with Gasteiger partial charge in [-0.2, -0.15) is 5.10 Å². The summed E-state index contributed by atoms with van der Waals surface area (Å²) in [5.41, 5.74) is 1.58. The maximum atomic E-state index is 12.3. The molecule has 0 radical (unpaired) electrons. The summed E-state index contributed by atoms with van der Waals surface area (Å²) in [5.74, 6) is 0.730. The summed E-state index contributed by atoms with van der Waals surface area (Å²) in [4.78, 5) is 8.96. The van der Waals surface area contributed by atoms with Crippen LogP contribution in [0.2, 0.25) is 5.02 Å². The molecule has 0 aliphatic heterocycles. The molecule has 1 aromatic carbocycles. The van der Waals surface area contributed by atoms with Gasteiger partial charge < -0.3 is 9.67 Å². The predicted molar refractivity (Wildman–Crippen MR) is 118 cm³/mol. The molecule has 31 heavy (non-hydrogen) atoms. The number of aliphatic hydroxyl groups is 1. The molecule has 1 aliphatic rings. The van der Waals surface area contributed by atoms with Gasteiger partial charge in [-0.25, -0.2) is 13.4 Å². The van der Waals surface area contributed by atoms with Crippen LogP contribution < -0.4 is 0 Å². The van der Waals surface area contributed by atoms with Crippen molar-refractivity contribution in [2.45, 2.75) is 49.4 Å². The van der Waals surface area contributed by atoms with Crippen LogP contribution >= 0.6 is 11.6 Å². The van der Waals surface area contributed by atoms with Crippen LogP contribution in [-0.4, -0.2) is 49.7 Å². The van der Waals surface area contributed by atoms with Crippen LogP contribution in [0.25, 0.3) is 21.9 Å². The number of imidazole rings is 1. The minimum atomic E-state index is -3.51. The van der Waals surface area contributed by atoms with Gasteiger partial charge in [0.1, 0.15) is 5.82 Å². The van der Waals surface area contributed by atoms with Gasteiger partial charge in [0.2, 0.25) is 0 Å². The van der Waals surface area contributed by atoms with Crippen LogP contribution in [-0.2, 0) is 16.4 Å². The molecule has 8 nitrogen and oxygen atoms in total. The van der Waals surface area contributed by atoms with Gasteiger partial charge in [-0.15, -0.1) is 0 Å². The fourth-order valence-electron chi connectivity index (χ4n) is 4.57. The fourth-order valence-corrected chi connectivity index (χ4v) is 5.55. The molecule has 4 aromatic rings. The molecular formula is C21H22ClN5O3S. The first kappa shape index (κ1) is 20.4. The van der Waals surface area contributed by atoms with Crippen molar-refractivity contribution >= 4 is 43.4 Å². The van der Waals surface area contributed by atoms with E-state index in [1.54, 1.807) is 23.1 Å². The van der Waals surface area contributed by atoms with Gasteiger partial charge >= 0.3 is 0 Å². The van der Waals surface area contributed by atoms with Crippen LogP contribution in [0, 0.1) is 0 Å². The van der Waals surface area contributed by atoms with Crippen LogP contribution in [0.15, 0.2) is 41.7 Å². The highest BCUT2D eigenvalue weighted by Crippen LogP contribution is 2.40. The van der Waals surface area contributed by atoms with Gasteiger partial charge in [0.05, 0.1) is 34.9 Å². The number of pyridine rings is 1. The van der Waals surface area contributed by atoms with Gasteiger partial charge in [0.25, 0.3) is 0 Å². The van der Waals surface area contributed by atoms with Crippen molar-refractivity contribution in [3.8, 4) is 0 Å². The van der Waals surface area contributed by atoms with Crippen LogP contribution in [0.4, 0.5) is 0 Å². The Labute approximate surface area is 184 Å². The monoisotopic (exact) mass is 459 g/mol. The molecule has 1 saturated carbocycles. The lowest BCUT2D eigenvalue weighted by atomic mass is 10.1. The third-order valence-electron chi connectivity index (χ3n) is 5.94. The quantitative estimate of drug-likeness (QED) is 0.502. The third kappa shape index (κ3) is 3.60. The molecule has 10 heteroatoms. The minimum Gasteiger partial charge on any atom is -0.390 e. The normalized spacial score (nSPS) is 22.0. The maximum Gasteiger partial charge on any atom is 0.195 e. The number of fused-ring (bicyclic) bond motifs is 2. The van der Waals surface area contributed by atoms with Crippen molar-refractivity contribution in [1.82, 2.24) is 24.3 Å². The van der Waals surface area contributed by atoms with E-state index in [9.17, 15) is 13.5 Å². The molecular weight excluding hydrogens is 438 g/mol. The maximum absolute atomic E-state index is 12.3. The minimum absolute atomic E-state index is 0.0272. The second kappa shape index (κ2) is 7.01. The van der Waals surface area contributed by atoms with Crippen molar-refractivity contribution in [2.24, 2.45) is 0 Å². The highest BCUT2D eigenvalue weighted by Gasteiger charge is 2.35. The van der Waals surface area contributed by atoms with E-state index in [0.29, 0.717) is 28.8 Å². The Kier molecular flexibility index (Phi) is 4.62. The summed E-state index contributed by atoms with van der Waals surface area (Å²) in [6.45, 7) is 2.12. The van der Waals surface area contributed by atoms with E-state index in [1.165, 1.54) is 0 Å². The van der Waals surface area contributed by atoms with E-state index in [4.69, 9.17) is 16.6 Å². The predicted octanol–water partition coefficient (Wildman–Crippen LogP) is 3.36. The first-order valence-electron chi connectivity index (χ1n) is 10.0. The van der Waals surface area contributed by atoms with Gasteiger partial charge in [-0.3, -0.25) is 9.67 Å². The molecule has 1 N–H and O–H groups in total. The van der Waals surface area contributed by atoms with Crippen LogP contribution in [0.3, 0.4) is 0 Å². The SMILES string of the molecule is C[C@@]1(O)CC[C@H](n2c(Cn3nc(S(C)(=O)=O)c4ccncc43)nc3cc(Cl)ccc32)C1. The molecule has 1 fully saturated rings. The van der Waals surface area contributed by atoms with E-state index >= 15 is 0 Å². The van der Waals surface area contributed by atoms with Gasteiger partial charge in [-0.05, 0) is 50.5 Å². The average molecular weight is 460 g/mol. The topological polar surface area (TPSA) is 103 Å². The molecule has 3 heterocycles. The Balaban J connectivity index is 1.67. The van der Waals surface area contributed by atoms with E-state index < -0.39 is 15.4 Å². The molecule has 162 valence electrons. The molecule has 0 bridgehead atoms. The second-order valence-corrected chi connectivity index (χ2v) is 10.9. The Hall–Kier alpha value is -2.49. The molecule has 0 unspecified atom stereocenters. The number of hydrogen-bond acceptors (Lipinski definition) is 6. The number of nitrogens with zero attached hydrogens (tertiary/aromatic N) is 5. The molecule has 2 atom stereocenters. The standard InChI is InChI=1S/C21H22ClN5O3S/c1-21(28)7-5-14(10-21)27-17-4-3-13(22)9-16(17)24-19(27)12-26-18-11-23-8-6-15(18)20(25-26)31(2,29)30/h3-4,6,8-9,11,14,28H,5,7,10,12H2,1-2H3/t14-,21+/m0/s1. The molecule has 0 saturated heterocycles. The first-order valence-corrected chi connectivity index (χ1v) is 12.3. The van der Waals surface area contributed by atoms with Crippen molar-refractivity contribution in [1.29, 1.82) is 0 Å². The number of aromatic nitrogens is 5. The number of hydrogen-bond donors (Lipinski definition) is 1.